The molecule has 5 heteroatoms. The van der Waals surface area contributed by atoms with Crippen molar-refractivity contribution in [3.8, 4) is 0 Å². The molecule has 2 rings (SSSR count). The van der Waals surface area contributed by atoms with Crippen molar-refractivity contribution in [3.63, 3.8) is 0 Å². The third-order valence-electron chi connectivity index (χ3n) is 3.10. The standard InChI is InChI=1S/C15H16N2O2S/c1-9-8-14(20-11(9)3)15(18)16-13-7-5-4-6-12(13)10(2)17-19/h4-8,19H,1-3H3,(H,16,18). The molecular formula is C15H16N2O2S. The molecule has 1 heterocycles. The van der Waals surface area contributed by atoms with E-state index in [2.05, 4.69) is 10.5 Å². The van der Waals surface area contributed by atoms with Crippen molar-refractivity contribution in [3.05, 3.63) is 51.2 Å². The number of carbonyl (C=O) groups excluding carboxylic acids is 1. The highest BCUT2D eigenvalue weighted by molar-refractivity contribution is 7.14. The van der Waals surface area contributed by atoms with E-state index in [-0.39, 0.29) is 5.91 Å². The number of para-hydroxylation sites is 1. The largest absolute Gasteiger partial charge is 0.411 e. The molecule has 0 aliphatic carbocycles. The number of amides is 1. The van der Waals surface area contributed by atoms with Crippen LogP contribution in [-0.4, -0.2) is 16.8 Å². The summed E-state index contributed by atoms with van der Waals surface area (Å²) in [7, 11) is 0. The Kier molecular flexibility index (Phi) is 4.20. The van der Waals surface area contributed by atoms with Crippen LogP contribution >= 0.6 is 11.3 Å². The number of nitrogens with zero attached hydrogens (tertiary/aromatic N) is 1. The molecule has 0 aliphatic rings. The molecule has 0 unspecified atom stereocenters. The zero-order valence-corrected chi connectivity index (χ0v) is 12.4. The molecular weight excluding hydrogens is 272 g/mol. The Hall–Kier alpha value is -2.14. The Bertz CT molecular complexity index is 655. The molecule has 2 aromatic rings. The van der Waals surface area contributed by atoms with Crippen LogP contribution in [0.15, 0.2) is 35.5 Å². The van der Waals surface area contributed by atoms with Crippen LogP contribution < -0.4 is 5.32 Å². The fraction of sp³-hybridized carbons (Fsp3) is 0.200. The minimum absolute atomic E-state index is 0.149. The average molecular weight is 288 g/mol. The monoisotopic (exact) mass is 288 g/mol. The molecule has 4 nitrogen and oxygen atoms in total. The van der Waals surface area contributed by atoms with Gasteiger partial charge in [-0.3, -0.25) is 4.79 Å². The molecule has 0 fully saturated rings. The minimum Gasteiger partial charge on any atom is -0.411 e. The van der Waals surface area contributed by atoms with Crippen LogP contribution in [0.25, 0.3) is 0 Å². The van der Waals surface area contributed by atoms with Gasteiger partial charge in [0.1, 0.15) is 0 Å². The quantitative estimate of drug-likeness (QED) is 0.512. The molecule has 1 aromatic carbocycles. The van der Waals surface area contributed by atoms with Gasteiger partial charge in [-0.25, -0.2) is 0 Å². The number of rotatable bonds is 3. The Morgan fingerprint density at radius 3 is 2.60 bits per heavy atom. The van der Waals surface area contributed by atoms with Gasteiger partial charge in [0.2, 0.25) is 0 Å². The summed E-state index contributed by atoms with van der Waals surface area (Å²) in [4.78, 5) is 14.0. The van der Waals surface area contributed by atoms with Crippen molar-refractivity contribution >= 4 is 28.6 Å². The van der Waals surface area contributed by atoms with Crippen LogP contribution in [0.4, 0.5) is 5.69 Å². The molecule has 0 saturated carbocycles. The number of anilines is 1. The maximum atomic E-state index is 12.2. The molecule has 0 radical (unpaired) electrons. The summed E-state index contributed by atoms with van der Waals surface area (Å²) >= 11 is 1.47. The highest BCUT2D eigenvalue weighted by Gasteiger charge is 2.13. The van der Waals surface area contributed by atoms with E-state index >= 15 is 0 Å². The molecule has 0 aliphatic heterocycles. The fourth-order valence-electron chi connectivity index (χ4n) is 1.83. The first-order chi connectivity index (χ1) is 9.52. The van der Waals surface area contributed by atoms with Crippen LogP contribution in [0.3, 0.4) is 0 Å². The molecule has 20 heavy (non-hydrogen) atoms. The first-order valence-electron chi connectivity index (χ1n) is 6.19. The van der Waals surface area contributed by atoms with E-state index in [0.29, 0.717) is 21.8 Å². The van der Waals surface area contributed by atoms with Gasteiger partial charge >= 0.3 is 0 Å². The van der Waals surface area contributed by atoms with Gasteiger partial charge in [-0.1, -0.05) is 23.4 Å². The molecule has 0 atom stereocenters. The minimum atomic E-state index is -0.149. The van der Waals surface area contributed by atoms with E-state index in [9.17, 15) is 4.79 Å². The van der Waals surface area contributed by atoms with E-state index in [4.69, 9.17) is 5.21 Å². The van der Waals surface area contributed by atoms with Crippen molar-refractivity contribution in [2.45, 2.75) is 20.8 Å². The maximum Gasteiger partial charge on any atom is 0.265 e. The van der Waals surface area contributed by atoms with E-state index < -0.39 is 0 Å². The first kappa shape index (κ1) is 14.3. The van der Waals surface area contributed by atoms with Crippen molar-refractivity contribution in [1.29, 1.82) is 0 Å². The number of thiophene rings is 1. The topological polar surface area (TPSA) is 61.7 Å². The second kappa shape index (κ2) is 5.88. The number of carbonyl (C=O) groups is 1. The number of benzene rings is 1. The third-order valence-corrected chi connectivity index (χ3v) is 4.26. The Morgan fingerprint density at radius 1 is 1.30 bits per heavy atom. The molecule has 2 N–H and O–H groups in total. The van der Waals surface area contributed by atoms with Crippen molar-refractivity contribution in [2.75, 3.05) is 5.32 Å². The highest BCUT2D eigenvalue weighted by Crippen LogP contribution is 2.23. The molecule has 0 spiro atoms. The summed E-state index contributed by atoms with van der Waals surface area (Å²) in [5.41, 5.74) is 2.91. The molecule has 0 bridgehead atoms. The van der Waals surface area contributed by atoms with E-state index in [0.717, 1.165) is 10.4 Å². The highest BCUT2D eigenvalue weighted by atomic mass is 32.1. The van der Waals surface area contributed by atoms with Gasteiger partial charge in [-0.05, 0) is 38.5 Å². The second-order valence-corrected chi connectivity index (χ2v) is 5.79. The lowest BCUT2D eigenvalue weighted by atomic mass is 10.1. The lowest BCUT2D eigenvalue weighted by Crippen LogP contribution is -2.13. The maximum absolute atomic E-state index is 12.2. The smallest absolute Gasteiger partial charge is 0.265 e. The predicted octanol–water partition coefficient (Wildman–Crippen LogP) is 3.82. The summed E-state index contributed by atoms with van der Waals surface area (Å²) in [6, 6.07) is 9.13. The summed E-state index contributed by atoms with van der Waals surface area (Å²) in [6.45, 7) is 5.66. The van der Waals surface area contributed by atoms with Crippen molar-refractivity contribution in [2.24, 2.45) is 5.16 Å². The summed E-state index contributed by atoms with van der Waals surface area (Å²) in [6.07, 6.45) is 0. The third kappa shape index (κ3) is 2.88. The van der Waals surface area contributed by atoms with Gasteiger partial charge < -0.3 is 10.5 Å². The average Bonchev–Trinajstić information content (AvgIpc) is 2.78. The number of hydrogen-bond acceptors (Lipinski definition) is 4. The first-order valence-corrected chi connectivity index (χ1v) is 7.01. The molecule has 1 amide bonds. The summed E-state index contributed by atoms with van der Waals surface area (Å²) in [5, 5.41) is 14.9. The van der Waals surface area contributed by atoms with Gasteiger partial charge in [0.25, 0.3) is 5.91 Å². The molecule has 0 saturated heterocycles. The number of aryl methyl sites for hydroxylation is 2. The van der Waals surface area contributed by atoms with Gasteiger partial charge in [0, 0.05) is 10.4 Å². The number of nitrogens with one attached hydrogen (secondary N) is 1. The predicted molar refractivity (Wildman–Crippen MR) is 82.2 cm³/mol. The summed E-state index contributed by atoms with van der Waals surface area (Å²) < 4.78 is 0. The molecule has 104 valence electrons. The van der Waals surface area contributed by atoms with Crippen LogP contribution in [0, 0.1) is 13.8 Å². The van der Waals surface area contributed by atoms with Crippen LogP contribution in [0.2, 0.25) is 0 Å². The van der Waals surface area contributed by atoms with Gasteiger partial charge in [-0.2, -0.15) is 0 Å². The lowest BCUT2D eigenvalue weighted by molar-refractivity contribution is 0.103. The lowest BCUT2D eigenvalue weighted by Gasteiger charge is -2.09. The summed E-state index contributed by atoms with van der Waals surface area (Å²) in [5.74, 6) is -0.149. The van der Waals surface area contributed by atoms with E-state index in [1.165, 1.54) is 11.3 Å². The van der Waals surface area contributed by atoms with Crippen LogP contribution in [-0.2, 0) is 0 Å². The van der Waals surface area contributed by atoms with Crippen molar-refractivity contribution in [1.82, 2.24) is 0 Å². The Morgan fingerprint density at radius 2 is 2.00 bits per heavy atom. The van der Waals surface area contributed by atoms with E-state index in [1.807, 2.05) is 32.0 Å². The van der Waals surface area contributed by atoms with Crippen LogP contribution in [0.1, 0.15) is 32.6 Å². The van der Waals surface area contributed by atoms with Gasteiger partial charge in [0.15, 0.2) is 0 Å². The zero-order chi connectivity index (χ0) is 14.7. The Balaban J connectivity index is 2.28. The van der Waals surface area contributed by atoms with Gasteiger partial charge in [-0.15, -0.1) is 11.3 Å². The second-order valence-electron chi connectivity index (χ2n) is 4.53. The Labute approximate surface area is 121 Å². The SMILES string of the molecule is CC(=NO)c1ccccc1NC(=O)c1cc(C)c(C)s1. The fourth-order valence-corrected chi connectivity index (χ4v) is 2.76. The van der Waals surface area contributed by atoms with Gasteiger partial charge in [0.05, 0.1) is 16.3 Å². The number of hydrogen-bond donors (Lipinski definition) is 2. The normalized spacial score (nSPS) is 11.4. The van der Waals surface area contributed by atoms with Crippen LogP contribution in [0.5, 0.6) is 0 Å². The number of oxime groups is 1. The molecule has 1 aromatic heterocycles. The van der Waals surface area contributed by atoms with E-state index in [1.54, 1.807) is 19.1 Å². The zero-order valence-electron chi connectivity index (χ0n) is 11.6. The van der Waals surface area contributed by atoms with Crippen molar-refractivity contribution < 1.29 is 10.0 Å².